The lowest BCUT2D eigenvalue weighted by molar-refractivity contribution is -0.385. The van der Waals surface area contributed by atoms with Gasteiger partial charge in [-0.15, -0.1) is 0 Å². The maximum atomic E-state index is 12.1. The van der Waals surface area contributed by atoms with Gasteiger partial charge < -0.3 is 4.57 Å². The van der Waals surface area contributed by atoms with Gasteiger partial charge in [0.2, 0.25) is 5.91 Å². The Hall–Kier alpha value is -3.74. The van der Waals surface area contributed by atoms with Crippen molar-refractivity contribution < 1.29 is 9.72 Å². The SMILES string of the molecule is Cc1ccccc1-n1cccc1/C=N/NC(=O)Cc1ccccc1[N+](=O)[O-]. The lowest BCUT2D eigenvalue weighted by atomic mass is 10.1. The largest absolute Gasteiger partial charge is 0.315 e. The molecule has 0 bridgehead atoms. The summed E-state index contributed by atoms with van der Waals surface area (Å²) in [5.41, 5.74) is 5.63. The number of aromatic nitrogens is 1. The highest BCUT2D eigenvalue weighted by atomic mass is 16.6. The van der Waals surface area contributed by atoms with Crippen molar-refractivity contribution in [2.24, 2.45) is 5.10 Å². The van der Waals surface area contributed by atoms with Gasteiger partial charge in [0, 0.05) is 23.5 Å². The number of amides is 1. The number of hydrogen-bond acceptors (Lipinski definition) is 4. The van der Waals surface area contributed by atoms with E-state index in [1.165, 1.54) is 6.07 Å². The van der Waals surface area contributed by atoms with Crippen molar-refractivity contribution in [3.63, 3.8) is 0 Å². The molecule has 0 atom stereocenters. The van der Waals surface area contributed by atoms with Crippen LogP contribution in [0.4, 0.5) is 5.69 Å². The normalized spacial score (nSPS) is 10.9. The number of carbonyl (C=O) groups is 1. The second-order valence-electron chi connectivity index (χ2n) is 5.95. The second-order valence-corrected chi connectivity index (χ2v) is 5.95. The van der Waals surface area contributed by atoms with Gasteiger partial charge in [-0.1, -0.05) is 36.4 Å². The van der Waals surface area contributed by atoms with Gasteiger partial charge in [-0.2, -0.15) is 5.10 Å². The van der Waals surface area contributed by atoms with E-state index in [1.54, 1.807) is 24.4 Å². The topological polar surface area (TPSA) is 89.5 Å². The van der Waals surface area contributed by atoms with Crippen LogP contribution >= 0.6 is 0 Å². The summed E-state index contributed by atoms with van der Waals surface area (Å²) in [4.78, 5) is 22.6. The van der Waals surface area contributed by atoms with Crippen molar-refractivity contribution >= 4 is 17.8 Å². The molecule has 0 unspecified atom stereocenters. The van der Waals surface area contributed by atoms with Gasteiger partial charge in [0.15, 0.2) is 0 Å². The number of nitro benzene ring substituents is 1. The van der Waals surface area contributed by atoms with Crippen molar-refractivity contribution in [2.75, 3.05) is 0 Å². The predicted molar refractivity (Wildman–Crippen MR) is 103 cm³/mol. The first-order chi connectivity index (χ1) is 13.1. The molecule has 0 aliphatic heterocycles. The Morgan fingerprint density at radius 1 is 1.15 bits per heavy atom. The number of hydrogen-bond donors (Lipinski definition) is 1. The number of para-hydroxylation sites is 2. The van der Waals surface area contributed by atoms with Gasteiger partial charge >= 0.3 is 0 Å². The molecular weight excluding hydrogens is 344 g/mol. The van der Waals surface area contributed by atoms with Crippen molar-refractivity contribution in [3.8, 4) is 5.69 Å². The fourth-order valence-electron chi connectivity index (χ4n) is 2.77. The molecule has 7 heteroatoms. The summed E-state index contributed by atoms with van der Waals surface area (Å²) >= 11 is 0. The lowest BCUT2D eigenvalue weighted by Gasteiger charge is -2.09. The Morgan fingerprint density at radius 2 is 1.89 bits per heavy atom. The molecule has 1 aromatic heterocycles. The summed E-state index contributed by atoms with van der Waals surface area (Å²) in [5, 5.41) is 15.0. The van der Waals surface area contributed by atoms with E-state index in [-0.39, 0.29) is 12.1 Å². The average molecular weight is 362 g/mol. The quantitative estimate of drug-likeness (QED) is 0.414. The summed E-state index contributed by atoms with van der Waals surface area (Å²) in [5.74, 6) is -0.422. The Labute approximate surface area is 156 Å². The van der Waals surface area contributed by atoms with Crippen LogP contribution in [0, 0.1) is 17.0 Å². The summed E-state index contributed by atoms with van der Waals surface area (Å²) in [6, 6.07) is 17.9. The van der Waals surface area contributed by atoms with Gasteiger partial charge in [0.25, 0.3) is 5.69 Å². The zero-order valence-corrected chi connectivity index (χ0v) is 14.7. The molecule has 3 rings (SSSR count). The molecular formula is C20H18N4O3. The first-order valence-corrected chi connectivity index (χ1v) is 8.34. The third-order valence-electron chi connectivity index (χ3n) is 4.08. The van der Waals surface area contributed by atoms with E-state index in [4.69, 9.17) is 0 Å². The van der Waals surface area contributed by atoms with Gasteiger partial charge in [-0.25, -0.2) is 5.43 Å². The van der Waals surface area contributed by atoms with Crippen LogP contribution in [0.15, 0.2) is 72.0 Å². The van der Waals surface area contributed by atoms with E-state index >= 15 is 0 Å². The Morgan fingerprint density at radius 3 is 2.67 bits per heavy atom. The molecule has 0 saturated carbocycles. The molecule has 1 N–H and O–H groups in total. The third kappa shape index (κ3) is 4.27. The van der Waals surface area contributed by atoms with Gasteiger partial charge in [0.1, 0.15) is 0 Å². The molecule has 136 valence electrons. The number of nitrogens with zero attached hydrogens (tertiary/aromatic N) is 3. The highest BCUT2D eigenvalue weighted by molar-refractivity contribution is 5.83. The highest BCUT2D eigenvalue weighted by Crippen LogP contribution is 2.18. The minimum atomic E-state index is -0.499. The number of nitrogens with one attached hydrogen (secondary N) is 1. The molecule has 0 saturated heterocycles. The molecule has 1 heterocycles. The summed E-state index contributed by atoms with van der Waals surface area (Å²) < 4.78 is 1.97. The first-order valence-electron chi connectivity index (χ1n) is 8.34. The summed E-state index contributed by atoms with van der Waals surface area (Å²) in [6.45, 7) is 2.02. The van der Waals surface area contributed by atoms with Crippen molar-refractivity contribution in [3.05, 3.63) is 93.8 Å². The zero-order valence-electron chi connectivity index (χ0n) is 14.7. The molecule has 0 radical (unpaired) electrons. The number of carbonyl (C=O) groups excluding carboxylic acids is 1. The first kappa shape index (κ1) is 18.1. The molecule has 0 fully saturated rings. The molecule has 0 aliphatic rings. The second kappa shape index (κ2) is 8.09. The Balaban J connectivity index is 1.69. The average Bonchev–Trinajstić information content (AvgIpc) is 3.10. The van der Waals surface area contributed by atoms with Gasteiger partial charge in [-0.05, 0) is 30.7 Å². The van der Waals surface area contributed by atoms with Gasteiger partial charge in [-0.3, -0.25) is 14.9 Å². The Kier molecular flexibility index (Phi) is 5.41. The van der Waals surface area contributed by atoms with E-state index in [1.807, 2.05) is 54.1 Å². The molecule has 3 aromatic rings. The van der Waals surface area contributed by atoms with Crippen molar-refractivity contribution in [1.82, 2.24) is 9.99 Å². The van der Waals surface area contributed by atoms with E-state index in [0.717, 1.165) is 16.9 Å². The predicted octanol–water partition coefficient (Wildman–Crippen LogP) is 3.39. The number of benzene rings is 2. The fraction of sp³-hybridized carbons (Fsp3) is 0.100. The van der Waals surface area contributed by atoms with Crippen LogP contribution < -0.4 is 5.43 Å². The van der Waals surface area contributed by atoms with E-state index in [2.05, 4.69) is 10.5 Å². The van der Waals surface area contributed by atoms with Crippen molar-refractivity contribution in [2.45, 2.75) is 13.3 Å². The van der Waals surface area contributed by atoms with Gasteiger partial charge in [0.05, 0.1) is 23.3 Å². The molecule has 0 aliphatic carbocycles. The van der Waals surface area contributed by atoms with Crippen LogP contribution in [0.5, 0.6) is 0 Å². The van der Waals surface area contributed by atoms with Crippen LogP contribution in [0.2, 0.25) is 0 Å². The smallest absolute Gasteiger partial charge is 0.273 e. The number of hydrazone groups is 1. The van der Waals surface area contributed by atoms with E-state index in [9.17, 15) is 14.9 Å². The molecule has 7 nitrogen and oxygen atoms in total. The van der Waals surface area contributed by atoms with Crippen LogP contribution in [0.25, 0.3) is 5.69 Å². The minimum absolute atomic E-state index is 0.0786. The van der Waals surface area contributed by atoms with Crippen LogP contribution in [0.1, 0.15) is 16.8 Å². The number of aryl methyl sites for hydroxylation is 1. The van der Waals surface area contributed by atoms with E-state index in [0.29, 0.717) is 5.56 Å². The zero-order chi connectivity index (χ0) is 19.2. The Bertz CT molecular complexity index is 1010. The maximum Gasteiger partial charge on any atom is 0.273 e. The van der Waals surface area contributed by atoms with Crippen LogP contribution in [-0.2, 0) is 11.2 Å². The fourth-order valence-corrected chi connectivity index (χ4v) is 2.77. The standard InChI is InChI=1S/C20H18N4O3/c1-15-7-2-4-10-18(15)23-12-6-9-17(23)14-21-22-20(25)13-16-8-3-5-11-19(16)24(26)27/h2-12,14H,13H2,1H3,(H,22,25)/b21-14+. The maximum absolute atomic E-state index is 12.1. The van der Waals surface area contributed by atoms with Crippen molar-refractivity contribution in [1.29, 1.82) is 0 Å². The molecule has 1 amide bonds. The molecule has 27 heavy (non-hydrogen) atoms. The highest BCUT2D eigenvalue weighted by Gasteiger charge is 2.15. The van der Waals surface area contributed by atoms with E-state index < -0.39 is 10.8 Å². The summed E-state index contributed by atoms with van der Waals surface area (Å²) in [6.07, 6.45) is 3.34. The van der Waals surface area contributed by atoms with Crippen LogP contribution in [0.3, 0.4) is 0 Å². The molecule has 2 aromatic carbocycles. The lowest BCUT2D eigenvalue weighted by Crippen LogP contribution is -2.20. The minimum Gasteiger partial charge on any atom is -0.315 e. The summed E-state index contributed by atoms with van der Waals surface area (Å²) in [7, 11) is 0. The number of nitro groups is 1. The third-order valence-corrected chi connectivity index (χ3v) is 4.08. The van der Waals surface area contributed by atoms with Crippen LogP contribution in [-0.4, -0.2) is 21.6 Å². The number of rotatable bonds is 6. The molecule has 0 spiro atoms. The monoisotopic (exact) mass is 362 g/mol.